The van der Waals surface area contributed by atoms with Gasteiger partial charge >= 0.3 is 6.18 Å². The number of hydrogen-bond donors (Lipinski definition) is 0. The van der Waals surface area contributed by atoms with Gasteiger partial charge < -0.3 is 4.74 Å². The number of aryl methyl sites for hydroxylation is 3. The van der Waals surface area contributed by atoms with Crippen molar-refractivity contribution in [1.82, 2.24) is 0 Å². The number of rotatable bonds is 2. The van der Waals surface area contributed by atoms with Crippen molar-refractivity contribution in [3.05, 3.63) is 65.2 Å². The van der Waals surface area contributed by atoms with Crippen LogP contribution in [0.1, 0.15) is 16.7 Å². The molecule has 0 N–H and O–H groups in total. The third-order valence-corrected chi connectivity index (χ3v) is 2.91. The van der Waals surface area contributed by atoms with Gasteiger partial charge in [0.1, 0.15) is 5.75 Å². The smallest absolute Gasteiger partial charge is 0.422 e. The van der Waals surface area contributed by atoms with Crippen LogP contribution in [0.4, 0.5) is 13.2 Å². The Hall–Kier alpha value is -1.97. The van der Waals surface area contributed by atoms with E-state index in [4.69, 9.17) is 0 Å². The maximum absolute atomic E-state index is 11.7. The molecule has 0 aliphatic carbocycles. The predicted molar refractivity (Wildman–Crippen MR) is 78.6 cm³/mol. The van der Waals surface area contributed by atoms with Crippen LogP contribution in [0.3, 0.4) is 0 Å². The molecular weight excluding hydrogens is 277 g/mol. The fraction of sp³-hybridized carbons (Fsp3) is 0.294. The third-order valence-electron chi connectivity index (χ3n) is 2.91. The molecule has 1 nitrogen and oxygen atoms in total. The van der Waals surface area contributed by atoms with E-state index in [1.807, 2.05) is 0 Å². The first-order chi connectivity index (χ1) is 9.79. The Morgan fingerprint density at radius 2 is 1.19 bits per heavy atom. The fourth-order valence-corrected chi connectivity index (χ4v) is 1.54. The van der Waals surface area contributed by atoms with Crippen molar-refractivity contribution in [2.45, 2.75) is 26.9 Å². The summed E-state index contributed by atoms with van der Waals surface area (Å²) in [7, 11) is 0. The second kappa shape index (κ2) is 7.72. The van der Waals surface area contributed by atoms with Crippen LogP contribution in [-0.2, 0) is 0 Å². The van der Waals surface area contributed by atoms with E-state index in [0.29, 0.717) is 5.56 Å². The van der Waals surface area contributed by atoms with Gasteiger partial charge in [0.15, 0.2) is 6.61 Å². The molecule has 2 aromatic rings. The van der Waals surface area contributed by atoms with Crippen molar-refractivity contribution < 1.29 is 17.9 Å². The molecule has 0 aromatic heterocycles. The SMILES string of the molecule is Cc1ccccc1C.Cc1ccccc1OCC(F)(F)F. The van der Waals surface area contributed by atoms with Gasteiger partial charge in [-0.15, -0.1) is 0 Å². The van der Waals surface area contributed by atoms with Crippen molar-refractivity contribution >= 4 is 0 Å². The van der Waals surface area contributed by atoms with Gasteiger partial charge in [0.25, 0.3) is 0 Å². The highest BCUT2D eigenvalue weighted by Gasteiger charge is 2.28. The Morgan fingerprint density at radius 1 is 0.762 bits per heavy atom. The molecular formula is C17H19F3O. The van der Waals surface area contributed by atoms with Crippen LogP contribution in [-0.4, -0.2) is 12.8 Å². The molecule has 0 fully saturated rings. The van der Waals surface area contributed by atoms with Crippen molar-refractivity contribution in [3.8, 4) is 5.75 Å². The van der Waals surface area contributed by atoms with Crippen LogP contribution >= 0.6 is 0 Å². The number of benzene rings is 2. The molecule has 2 rings (SSSR count). The minimum atomic E-state index is -4.28. The standard InChI is InChI=1S/C9H9F3O.C8H10/c1-7-4-2-3-5-8(7)13-6-9(10,11)12;1-7-5-3-4-6-8(7)2/h2-5H,6H2,1H3;3-6H,1-2H3. The molecule has 0 atom stereocenters. The predicted octanol–water partition coefficient (Wildman–Crippen LogP) is 5.24. The zero-order valence-electron chi connectivity index (χ0n) is 12.4. The second-order valence-corrected chi connectivity index (χ2v) is 4.75. The topological polar surface area (TPSA) is 9.23 Å². The quantitative estimate of drug-likeness (QED) is 0.736. The first kappa shape index (κ1) is 17.1. The summed E-state index contributed by atoms with van der Waals surface area (Å²) in [5, 5.41) is 0. The molecule has 0 bridgehead atoms. The third kappa shape index (κ3) is 6.84. The maximum Gasteiger partial charge on any atom is 0.422 e. The van der Waals surface area contributed by atoms with Crippen molar-refractivity contribution in [2.24, 2.45) is 0 Å². The summed E-state index contributed by atoms with van der Waals surface area (Å²) in [6.07, 6.45) is -4.28. The zero-order valence-corrected chi connectivity index (χ0v) is 12.4. The van der Waals surface area contributed by atoms with E-state index in [-0.39, 0.29) is 5.75 Å². The van der Waals surface area contributed by atoms with Crippen LogP contribution in [0.25, 0.3) is 0 Å². The average molecular weight is 296 g/mol. The van der Waals surface area contributed by atoms with Gasteiger partial charge in [-0.3, -0.25) is 0 Å². The number of alkyl halides is 3. The molecule has 0 amide bonds. The molecule has 21 heavy (non-hydrogen) atoms. The lowest BCUT2D eigenvalue weighted by atomic mass is 10.1. The van der Waals surface area contributed by atoms with E-state index < -0.39 is 12.8 Å². The zero-order chi connectivity index (χ0) is 15.9. The Kier molecular flexibility index (Phi) is 6.28. The lowest BCUT2D eigenvalue weighted by molar-refractivity contribution is -0.153. The number of hydrogen-bond acceptors (Lipinski definition) is 1. The van der Waals surface area contributed by atoms with Gasteiger partial charge in [-0.1, -0.05) is 42.5 Å². The van der Waals surface area contributed by atoms with E-state index in [1.54, 1.807) is 25.1 Å². The van der Waals surface area contributed by atoms with Crippen molar-refractivity contribution in [3.63, 3.8) is 0 Å². The Balaban J connectivity index is 0.000000235. The van der Waals surface area contributed by atoms with Gasteiger partial charge in [0.05, 0.1) is 0 Å². The van der Waals surface area contributed by atoms with Gasteiger partial charge in [-0.25, -0.2) is 0 Å². The molecule has 0 saturated heterocycles. The molecule has 114 valence electrons. The van der Waals surface area contributed by atoms with E-state index in [1.165, 1.54) is 17.2 Å². The van der Waals surface area contributed by atoms with Crippen LogP contribution in [0.5, 0.6) is 5.75 Å². The number of ether oxygens (including phenoxy) is 1. The summed E-state index contributed by atoms with van der Waals surface area (Å²) in [5.74, 6) is 0.278. The molecule has 0 spiro atoms. The normalized spacial score (nSPS) is 10.6. The fourth-order valence-electron chi connectivity index (χ4n) is 1.54. The van der Waals surface area contributed by atoms with Gasteiger partial charge in [0.2, 0.25) is 0 Å². The second-order valence-electron chi connectivity index (χ2n) is 4.75. The van der Waals surface area contributed by atoms with Crippen LogP contribution in [0.15, 0.2) is 48.5 Å². The summed E-state index contributed by atoms with van der Waals surface area (Å²) in [6, 6.07) is 15.0. The lowest BCUT2D eigenvalue weighted by Crippen LogP contribution is -2.19. The van der Waals surface area contributed by atoms with Crippen molar-refractivity contribution in [2.75, 3.05) is 6.61 Å². The van der Waals surface area contributed by atoms with E-state index in [2.05, 4.69) is 42.8 Å². The molecule has 0 heterocycles. The Bertz CT molecular complexity index is 541. The van der Waals surface area contributed by atoms with E-state index in [9.17, 15) is 13.2 Å². The Morgan fingerprint density at radius 3 is 1.57 bits per heavy atom. The highest BCUT2D eigenvalue weighted by molar-refractivity contribution is 5.31. The first-order valence-electron chi connectivity index (χ1n) is 6.57. The molecule has 0 aliphatic heterocycles. The Labute approximate surface area is 123 Å². The average Bonchev–Trinajstić information content (AvgIpc) is 2.41. The summed E-state index contributed by atoms with van der Waals surface area (Å²) in [6.45, 7) is 4.70. The minimum Gasteiger partial charge on any atom is -0.484 e. The maximum atomic E-state index is 11.7. The lowest BCUT2D eigenvalue weighted by Gasteiger charge is -2.10. The van der Waals surface area contributed by atoms with Crippen LogP contribution in [0.2, 0.25) is 0 Å². The van der Waals surface area contributed by atoms with Crippen molar-refractivity contribution in [1.29, 1.82) is 0 Å². The molecule has 2 aromatic carbocycles. The highest BCUT2D eigenvalue weighted by Crippen LogP contribution is 2.20. The van der Waals surface area contributed by atoms with Crippen LogP contribution in [0, 0.1) is 20.8 Å². The number of halogens is 3. The molecule has 0 saturated carbocycles. The monoisotopic (exact) mass is 296 g/mol. The minimum absolute atomic E-state index is 0.278. The molecule has 0 aliphatic rings. The summed E-state index contributed by atoms with van der Waals surface area (Å²) < 4.78 is 39.8. The van der Waals surface area contributed by atoms with E-state index >= 15 is 0 Å². The molecule has 4 heteroatoms. The van der Waals surface area contributed by atoms with Gasteiger partial charge in [-0.2, -0.15) is 13.2 Å². The summed E-state index contributed by atoms with van der Waals surface area (Å²) >= 11 is 0. The molecule has 0 unspecified atom stereocenters. The van der Waals surface area contributed by atoms with Crippen LogP contribution < -0.4 is 4.74 Å². The molecule has 0 radical (unpaired) electrons. The highest BCUT2D eigenvalue weighted by atomic mass is 19.4. The summed E-state index contributed by atoms with van der Waals surface area (Å²) in [5.41, 5.74) is 3.44. The van der Waals surface area contributed by atoms with Gasteiger partial charge in [-0.05, 0) is 43.5 Å². The largest absolute Gasteiger partial charge is 0.484 e. The van der Waals surface area contributed by atoms with E-state index in [0.717, 1.165) is 0 Å². The first-order valence-corrected chi connectivity index (χ1v) is 6.57. The summed E-state index contributed by atoms with van der Waals surface area (Å²) in [4.78, 5) is 0. The number of para-hydroxylation sites is 1. The van der Waals surface area contributed by atoms with Gasteiger partial charge in [0, 0.05) is 0 Å².